The first kappa shape index (κ1) is 20.4. The van der Waals surface area contributed by atoms with Crippen molar-refractivity contribution in [1.82, 2.24) is 10.2 Å². The molecule has 156 valence electrons. The molecule has 1 aliphatic rings. The van der Waals surface area contributed by atoms with Crippen LogP contribution in [0.3, 0.4) is 0 Å². The van der Waals surface area contributed by atoms with E-state index in [0.717, 1.165) is 25.2 Å². The highest BCUT2D eigenvalue weighted by Crippen LogP contribution is 2.28. The molecule has 1 saturated heterocycles. The number of benzene rings is 2. The Bertz CT molecular complexity index is 1080. The van der Waals surface area contributed by atoms with E-state index in [1.807, 2.05) is 37.3 Å². The Morgan fingerprint density at radius 1 is 1.03 bits per heavy atom. The number of para-hydroxylation sites is 1. The SMILES string of the molecule is CCc1c(-c2ccccc2)oc2c(C(=O)NCCN3CCCCC3)cccc2c1=O. The minimum absolute atomic E-state index is 0.0689. The highest BCUT2D eigenvalue weighted by molar-refractivity contribution is 6.05. The Labute approximate surface area is 176 Å². The van der Waals surface area contributed by atoms with Gasteiger partial charge in [-0.15, -0.1) is 0 Å². The fourth-order valence-electron chi connectivity index (χ4n) is 4.18. The summed E-state index contributed by atoms with van der Waals surface area (Å²) < 4.78 is 6.23. The van der Waals surface area contributed by atoms with Gasteiger partial charge in [-0.1, -0.05) is 49.7 Å². The van der Waals surface area contributed by atoms with Gasteiger partial charge in [-0.3, -0.25) is 9.59 Å². The number of hydrogen-bond donors (Lipinski definition) is 1. The van der Waals surface area contributed by atoms with Gasteiger partial charge < -0.3 is 14.6 Å². The van der Waals surface area contributed by atoms with Gasteiger partial charge in [0.25, 0.3) is 5.91 Å². The molecule has 1 aromatic heterocycles. The van der Waals surface area contributed by atoms with Gasteiger partial charge in [0.05, 0.1) is 10.9 Å². The molecule has 0 radical (unpaired) electrons. The van der Waals surface area contributed by atoms with Crippen LogP contribution < -0.4 is 10.7 Å². The highest BCUT2D eigenvalue weighted by Gasteiger charge is 2.19. The zero-order valence-corrected chi connectivity index (χ0v) is 17.4. The quantitative estimate of drug-likeness (QED) is 0.668. The molecule has 5 heteroatoms. The minimum Gasteiger partial charge on any atom is -0.455 e. The standard InChI is InChI=1S/C25H28N2O3/c1-2-19-22(28)20-12-9-13-21(24(20)30-23(19)18-10-5-3-6-11-18)25(29)26-14-17-27-15-7-4-8-16-27/h3,5-6,9-13H,2,4,7-8,14-17H2,1H3,(H,26,29). The first-order valence-electron chi connectivity index (χ1n) is 10.8. The number of carbonyl (C=O) groups excluding carboxylic acids is 1. The number of carbonyl (C=O) groups is 1. The average molecular weight is 405 g/mol. The number of likely N-dealkylation sites (tertiary alicyclic amines) is 1. The maximum Gasteiger partial charge on any atom is 0.255 e. The predicted octanol–water partition coefficient (Wildman–Crippen LogP) is 4.24. The molecule has 1 N–H and O–H groups in total. The van der Waals surface area contributed by atoms with Crippen molar-refractivity contribution in [3.8, 4) is 11.3 Å². The summed E-state index contributed by atoms with van der Waals surface area (Å²) in [5.74, 6) is 0.341. The van der Waals surface area contributed by atoms with Gasteiger partial charge in [-0.25, -0.2) is 0 Å². The number of fused-ring (bicyclic) bond motifs is 1. The third-order valence-electron chi connectivity index (χ3n) is 5.81. The monoisotopic (exact) mass is 404 g/mol. The number of piperidine rings is 1. The summed E-state index contributed by atoms with van der Waals surface area (Å²) in [6, 6.07) is 14.8. The maximum absolute atomic E-state index is 13.2. The summed E-state index contributed by atoms with van der Waals surface area (Å²) in [7, 11) is 0. The molecule has 0 aliphatic carbocycles. The molecule has 0 bridgehead atoms. The van der Waals surface area contributed by atoms with Crippen molar-refractivity contribution in [2.75, 3.05) is 26.2 Å². The molecule has 1 aliphatic heterocycles. The fraction of sp³-hybridized carbons (Fsp3) is 0.360. The van der Waals surface area contributed by atoms with Crippen molar-refractivity contribution in [3.63, 3.8) is 0 Å². The van der Waals surface area contributed by atoms with Gasteiger partial charge in [-0.2, -0.15) is 0 Å². The lowest BCUT2D eigenvalue weighted by atomic mass is 10.0. The van der Waals surface area contributed by atoms with E-state index in [9.17, 15) is 9.59 Å². The summed E-state index contributed by atoms with van der Waals surface area (Å²) in [6.45, 7) is 5.56. The number of hydrogen-bond acceptors (Lipinski definition) is 4. The zero-order valence-electron chi connectivity index (χ0n) is 17.4. The van der Waals surface area contributed by atoms with Crippen LogP contribution in [0.25, 0.3) is 22.3 Å². The van der Waals surface area contributed by atoms with Gasteiger partial charge in [0.15, 0.2) is 11.0 Å². The normalized spacial score (nSPS) is 14.7. The van der Waals surface area contributed by atoms with E-state index in [2.05, 4.69) is 10.2 Å². The van der Waals surface area contributed by atoms with Crippen LogP contribution in [0.4, 0.5) is 0 Å². The Hall–Kier alpha value is -2.92. The van der Waals surface area contributed by atoms with Crippen LogP contribution in [0.15, 0.2) is 57.7 Å². The molecule has 4 rings (SSSR count). The molecule has 3 aromatic rings. The molecule has 0 unspecified atom stereocenters. The molecule has 1 fully saturated rings. The first-order valence-corrected chi connectivity index (χ1v) is 10.8. The largest absolute Gasteiger partial charge is 0.455 e. The lowest BCUT2D eigenvalue weighted by molar-refractivity contribution is 0.0947. The molecule has 1 amide bonds. The molecule has 0 atom stereocenters. The van der Waals surface area contributed by atoms with Crippen LogP contribution in [0.1, 0.15) is 42.1 Å². The summed E-state index contributed by atoms with van der Waals surface area (Å²) in [5, 5.41) is 3.46. The Kier molecular flexibility index (Phi) is 6.29. The van der Waals surface area contributed by atoms with Crippen LogP contribution in [-0.4, -0.2) is 37.0 Å². The van der Waals surface area contributed by atoms with Gasteiger partial charge in [0.1, 0.15) is 5.76 Å². The lowest BCUT2D eigenvalue weighted by Crippen LogP contribution is -2.37. The van der Waals surface area contributed by atoms with Crippen LogP contribution in [0.2, 0.25) is 0 Å². The van der Waals surface area contributed by atoms with Crippen LogP contribution in [-0.2, 0) is 6.42 Å². The van der Waals surface area contributed by atoms with E-state index in [-0.39, 0.29) is 11.3 Å². The molecule has 2 heterocycles. The van der Waals surface area contributed by atoms with Gasteiger partial charge in [0.2, 0.25) is 0 Å². The number of rotatable bonds is 6. The molecular formula is C25H28N2O3. The summed E-state index contributed by atoms with van der Waals surface area (Å²) in [6.07, 6.45) is 4.31. The Morgan fingerprint density at radius 2 is 1.80 bits per heavy atom. The molecular weight excluding hydrogens is 376 g/mol. The van der Waals surface area contributed by atoms with E-state index in [4.69, 9.17) is 4.42 Å². The Morgan fingerprint density at radius 3 is 2.53 bits per heavy atom. The molecule has 30 heavy (non-hydrogen) atoms. The number of nitrogens with zero attached hydrogens (tertiary/aromatic N) is 1. The Balaban J connectivity index is 1.66. The second kappa shape index (κ2) is 9.26. The van der Waals surface area contributed by atoms with Crippen LogP contribution >= 0.6 is 0 Å². The third-order valence-corrected chi connectivity index (χ3v) is 5.81. The zero-order chi connectivity index (χ0) is 20.9. The van der Waals surface area contributed by atoms with Crippen molar-refractivity contribution >= 4 is 16.9 Å². The third kappa shape index (κ3) is 4.17. The molecule has 0 spiro atoms. The van der Waals surface area contributed by atoms with Crippen molar-refractivity contribution in [3.05, 3.63) is 69.9 Å². The van der Waals surface area contributed by atoms with Crippen molar-refractivity contribution in [1.29, 1.82) is 0 Å². The predicted molar refractivity (Wildman–Crippen MR) is 120 cm³/mol. The second-order valence-electron chi connectivity index (χ2n) is 7.80. The minimum atomic E-state index is -0.205. The average Bonchev–Trinajstić information content (AvgIpc) is 2.80. The summed E-state index contributed by atoms with van der Waals surface area (Å²) in [4.78, 5) is 28.5. The van der Waals surface area contributed by atoms with Gasteiger partial charge >= 0.3 is 0 Å². The van der Waals surface area contributed by atoms with Gasteiger partial charge in [-0.05, 0) is 44.5 Å². The highest BCUT2D eigenvalue weighted by atomic mass is 16.3. The van der Waals surface area contributed by atoms with Crippen molar-refractivity contribution < 1.29 is 9.21 Å². The smallest absolute Gasteiger partial charge is 0.255 e. The topological polar surface area (TPSA) is 62.6 Å². The maximum atomic E-state index is 13.2. The van der Waals surface area contributed by atoms with Crippen molar-refractivity contribution in [2.45, 2.75) is 32.6 Å². The van der Waals surface area contributed by atoms with E-state index in [1.54, 1.807) is 18.2 Å². The van der Waals surface area contributed by atoms with E-state index >= 15 is 0 Å². The molecule has 2 aromatic carbocycles. The number of nitrogens with one attached hydrogen (secondary N) is 1. The van der Waals surface area contributed by atoms with E-state index in [0.29, 0.717) is 40.8 Å². The second-order valence-corrected chi connectivity index (χ2v) is 7.80. The van der Waals surface area contributed by atoms with Gasteiger partial charge in [0, 0.05) is 24.2 Å². The summed E-state index contributed by atoms with van der Waals surface area (Å²) in [5.41, 5.74) is 2.17. The molecule has 5 nitrogen and oxygen atoms in total. The lowest BCUT2D eigenvalue weighted by Gasteiger charge is -2.26. The van der Waals surface area contributed by atoms with E-state index < -0.39 is 0 Å². The molecule has 0 saturated carbocycles. The summed E-state index contributed by atoms with van der Waals surface area (Å²) >= 11 is 0. The fourth-order valence-corrected chi connectivity index (χ4v) is 4.18. The first-order chi connectivity index (χ1) is 14.7. The van der Waals surface area contributed by atoms with Crippen molar-refractivity contribution in [2.24, 2.45) is 0 Å². The van der Waals surface area contributed by atoms with E-state index in [1.165, 1.54) is 19.3 Å². The van der Waals surface area contributed by atoms with Crippen LogP contribution in [0, 0.1) is 0 Å². The number of amides is 1. The van der Waals surface area contributed by atoms with Crippen LogP contribution in [0.5, 0.6) is 0 Å².